The van der Waals surface area contributed by atoms with Gasteiger partial charge < -0.3 is 14.8 Å². The molecule has 3 aromatic rings. The Morgan fingerprint density at radius 2 is 1.61 bits per heavy atom. The van der Waals surface area contributed by atoms with Crippen LogP contribution >= 0.6 is 0 Å². The smallest absolute Gasteiger partial charge is 0.312 e. The number of nitrogens with zero attached hydrogens (tertiary/aromatic N) is 3. The molecule has 9 nitrogen and oxygen atoms in total. The molecule has 0 spiro atoms. The maximum Gasteiger partial charge on any atom is 0.312 e. The molecule has 172 valence electrons. The maximum atomic E-state index is 13.7. The minimum atomic E-state index is -0.778. The number of nitro groups is 1. The number of hydrogen-bond donors (Lipinski definition) is 1. The number of aryl methyl sites for hydroxylation is 1. The number of para-hydroxylation sites is 2. The number of ether oxygens (including phenoxy) is 2. The summed E-state index contributed by atoms with van der Waals surface area (Å²) >= 11 is 0. The van der Waals surface area contributed by atoms with Crippen molar-refractivity contribution < 1.29 is 19.2 Å². The standard InChI is InChI=1S/C24H26N4O5/c1-14-23(28(30)31)15(2)27(26-14)24-19(29)13-18(16-9-5-7-11-20(16)32-3)25-22(24)17-10-6-8-12-21(17)33-4/h5-12,18,22,24-25H,13H2,1-4H3. The van der Waals surface area contributed by atoms with Crippen molar-refractivity contribution in [2.75, 3.05) is 14.2 Å². The topological polar surface area (TPSA) is 109 Å². The Morgan fingerprint density at radius 3 is 2.18 bits per heavy atom. The van der Waals surface area contributed by atoms with Gasteiger partial charge in [-0.25, -0.2) is 4.68 Å². The first-order valence-corrected chi connectivity index (χ1v) is 10.6. The van der Waals surface area contributed by atoms with Crippen molar-refractivity contribution in [1.82, 2.24) is 15.1 Å². The number of Topliss-reactive ketones (excluding diaryl/α,β-unsaturated/α-hetero) is 1. The molecule has 4 rings (SSSR count). The van der Waals surface area contributed by atoms with E-state index in [1.807, 2.05) is 48.5 Å². The number of rotatable bonds is 6. The molecule has 0 aliphatic carbocycles. The Labute approximate surface area is 191 Å². The van der Waals surface area contributed by atoms with Crippen LogP contribution in [0.4, 0.5) is 5.69 Å². The zero-order valence-corrected chi connectivity index (χ0v) is 18.9. The fourth-order valence-electron chi connectivity index (χ4n) is 4.68. The van der Waals surface area contributed by atoms with Crippen molar-refractivity contribution in [3.63, 3.8) is 0 Å². The van der Waals surface area contributed by atoms with E-state index in [2.05, 4.69) is 10.4 Å². The zero-order valence-electron chi connectivity index (χ0n) is 18.9. The minimum Gasteiger partial charge on any atom is -0.496 e. The van der Waals surface area contributed by atoms with Crippen LogP contribution in [0.1, 0.15) is 47.1 Å². The molecule has 1 fully saturated rings. The summed E-state index contributed by atoms with van der Waals surface area (Å²) in [7, 11) is 3.17. The van der Waals surface area contributed by atoms with Crippen LogP contribution < -0.4 is 14.8 Å². The number of hydrogen-bond acceptors (Lipinski definition) is 7. The molecular weight excluding hydrogens is 424 g/mol. The second-order valence-electron chi connectivity index (χ2n) is 8.02. The van der Waals surface area contributed by atoms with Gasteiger partial charge in [-0.1, -0.05) is 36.4 Å². The van der Waals surface area contributed by atoms with Crippen LogP contribution in [0.2, 0.25) is 0 Å². The number of methoxy groups -OCH3 is 2. The minimum absolute atomic E-state index is 0.0755. The Morgan fingerprint density at radius 1 is 1.03 bits per heavy atom. The summed E-state index contributed by atoms with van der Waals surface area (Å²) in [4.78, 5) is 24.8. The van der Waals surface area contributed by atoms with Gasteiger partial charge in [-0.2, -0.15) is 5.10 Å². The van der Waals surface area contributed by atoms with Crippen LogP contribution in [0.25, 0.3) is 0 Å². The van der Waals surface area contributed by atoms with Crippen LogP contribution in [0.3, 0.4) is 0 Å². The molecule has 2 heterocycles. The Hall–Kier alpha value is -3.72. The summed E-state index contributed by atoms with van der Waals surface area (Å²) in [5.41, 5.74) is 2.18. The fourth-order valence-corrected chi connectivity index (χ4v) is 4.68. The van der Waals surface area contributed by atoms with Gasteiger partial charge in [0.05, 0.1) is 25.2 Å². The predicted molar refractivity (Wildman–Crippen MR) is 122 cm³/mol. The molecule has 1 aliphatic rings. The molecule has 1 saturated heterocycles. The van der Waals surface area contributed by atoms with E-state index in [0.717, 1.165) is 11.1 Å². The number of ketones is 1. The fraction of sp³-hybridized carbons (Fsp3) is 0.333. The van der Waals surface area contributed by atoms with E-state index in [9.17, 15) is 14.9 Å². The van der Waals surface area contributed by atoms with Gasteiger partial charge in [-0.3, -0.25) is 14.9 Å². The SMILES string of the molecule is COc1ccccc1C1CC(=O)C(n2nc(C)c([N+](=O)[O-])c2C)C(c2ccccc2OC)N1. The van der Waals surface area contributed by atoms with E-state index in [-0.39, 0.29) is 29.6 Å². The average Bonchev–Trinajstić information content (AvgIpc) is 3.11. The number of nitrogens with one attached hydrogen (secondary N) is 1. The maximum absolute atomic E-state index is 13.7. The summed E-state index contributed by atoms with van der Waals surface area (Å²) in [6, 6.07) is 13.4. The highest BCUT2D eigenvalue weighted by molar-refractivity contribution is 5.86. The molecule has 1 aliphatic heterocycles. The lowest BCUT2D eigenvalue weighted by Crippen LogP contribution is -2.44. The molecule has 0 amide bonds. The highest BCUT2D eigenvalue weighted by Crippen LogP contribution is 2.43. The van der Waals surface area contributed by atoms with E-state index < -0.39 is 17.0 Å². The lowest BCUT2D eigenvalue weighted by Gasteiger charge is -2.38. The first kappa shape index (κ1) is 22.5. The Kier molecular flexibility index (Phi) is 6.15. The van der Waals surface area contributed by atoms with Gasteiger partial charge in [0.1, 0.15) is 28.9 Å². The molecule has 3 atom stereocenters. The number of benzene rings is 2. The summed E-state index contributed by atoms with van der Waals surface area (Å²) in [5.74, 6) is 1.22. The monoisotopic (exact) mass is 450 g/mol. The average molecular weight is 450 g/mol. The molecule has 2 aromatic carbocycles. The molecule has 1 aromatic heterocycles. The summed E-state index contributed by atoms with van der Waals surface area (Å²) in [6.07, 6.45) is 0.183. The van der Waals surface area contributed by atoms with Gasteiger partial charge in [-0.15, -0.1) is 0 Å². The van der Waals surface area contributed by atoms with Gasteiger partial charge >= 0.3 is 5.69 Å². The van der Waals surface area contributed by atoms with Crippen LogP contribution in [0, 0.1) is 24.0 Å². The second-order valence-corrected chi connectivity index (χ2v) is 8.02. The van der Waals surface area contributed by atoms with Crippen molar-refractivity contribution in [3.8, 4) is 11.5 Å². The van der Waals surface area contributed by atoms with Gasteiger partial charge in [0.2, 0.25) is 0 Å². The summed E-state index contributed by atoms with van der Waals surface area (Å²) in [6.45, 7) is 3.20. The van der Waals surface area contributed by atoms with Crippen molar-refractivity contribution in [2.45, 2.75) is 38.4 Å². The largest absolute Gasteiger partial charge is 0.496 e. The quantitative estimate of drug-likeness (QED) is 0.446. The lowest BCUT2D eigenvalue weighted by molar-refractivity contribution is -0.386. The third-order valence-corrected chi connectivity index (χ3v) is 6.15. The summed E-state index contributed by atoms with van der Waals surface area (Å²) < 4.78 is 12.6. The molecule has 0 saturated carbocycles. The Balaban J connectivity index is 1.86. The molecule has 33 heavy (non-hydrogen) atoms. The zero-order chi connectivity index (χ0) is 23.7. The van der Waals surface area contributed by atoms with Crippen molar-refractivity contribution >= 4 is 11.5 Å². The van der Waals surface area contributed by atoms with Gasteiger partial charge in [0.25, 0.3) is 0 Å². The first-order chi connectivity index (χ1) is 15.9. The van der Waals surface area contributed by atoms with E-state index in [4.69, 9.17) is 9.47 Å². The molecule has 9 heteroatoms. The number of carbonyl (C=O) groups is 1. The second kappa shape index (κ2) is 9.03. The number of carbonyl (C=O) groups excluding carboxylic acids is 1. The highest BCUT2D eigenvalue weighted by atomic mass is 16.6. The molecule has 0 radical (unpaired) electrons. The molecule has 3 unspecified atom stereocenters. The predicted octanol–water partition coefficient (Wildman–Crippen LogP) is 4.01. The van der Waals surface area contributed by atoms with Crippen LogP contribution in [-0.4, -0.2) is 34.7 Å². The van der Waals surface area contributed by atoms with E-state index in [1.54, 1.807) is 28.1 Å². The van der Waals surface area contributed by atoms with Gasteiger partial charge in [0.15, 0.2) is 5.78 Å². The van der Waals surface area contributed by atoms with Crippen LogP contribution in [-0.2, 0) is 4.79 Å². The van der Waals surface area contributed by atoms with Crippen molar-refractivity contribution in [1.29, 1.82) is 0 Å². The van der Waals surface area contributed by atoms with Crippen molar-refractivity contribution in [2.24, 2.45) is 0 Å². The van der Waals surface area contributed by atoms with Crippen molar-refractivity contribution in [3.05, 3.63) is 81.2 Å². The normalized spacial score (nSPS) is 20.5. The number of aromatic nitrogens is 2. The Bertz CT molecular complexity index is 1210. The molecule has 1 N–H and O–H groups in total. The highest BCUT2D eigenvalue weighted by Gasteiger charge is 2.43. The number of piperidine rings is 1. The van der Waals surface area contributed by atoms with E-state index in [0.29, 0.717) is 17.2 Å². The third kappa shape index (κ3) is 3.95. The van der Waals surface area contributed by atoms with E-state index >= 15 is 0 Å². The van der Waals surface area contributed by atoms with Gasteiger partial charge in [-0.05, 0) is 26.0 Å². The third-order valence-electron chi connectivity index (χ3n) is 6.15. The van der Waals surface area contributed by atoms with E-state index in [1.165, 1.54) is 4.68 Å². The van der Waals surface area contributed by atoms with Crippen LogP contribution in [0.5, 0.6) is 11.5 Å². The summed E-state index contributed by atoms with van der Waals surface area (Å²) in [5, 5.41) is 19.6. The lowest BCUT2D eigenvalue weighted by atomic mass is 9.84. The molecule has 0 bridgehead atoms. The first-order valence-electron chi connectivity index (χ1n) is 10.6. The van der Waals surface area contributed by atoms with Gasteiger partial charge in [0, 0.05) is 23.6 Å². The molecular formula is C24H26N4O5. The van der Waals surface area contributed by atoms with Crippen LogP contribution in [0.15, 0.2) is 48.5 Å².